The van der Waals surface area contributed by atoms with E-state index < -0.39 is 0 Å². The third-order valence-corrected chi connectivity index (χ3v) is 5.20. The van der Waals surface area contributed by atoms with Gasteiger partial charge >= 0.3 is 0 Å². The number of nitrogens with zero attached hydrogens (tertiary/aromatic N) is 4. The molecule has 4 rings (SSSR count). The summed E-state index contributed by atoms with van der Waals surface area (Å²) in [6, 6.07) is 7.02. The minimum absolute atomic E-state index is 0.135. The number of halogens is 1. The van der Waals surface area contributed by atoms with Crippen LogP contribution in [0.1, 0.15) is 24.2 Å². The number of aromatic nitrogens is 5. The molecule has 26 heavy (non-hydrogen) atoms. The van der Waals surface area contributed by atoms with Crippen molar-refractivity contribution in [3.05, 3.63) is 63.3 Å². The van der Waals surface area contributed by atoms with E-state index in [0.717, 1.165) is 21.6 Å². The van der Waals surface area contributed by atoms with Gasteiger partial charge in [0.1, 0.15) is 5.00 Å². The third-order valence-electron chi connectivity index (χ3n) is 4.06. The van der Waals surface area contributed by atoms with Gasteiger partial charge in [-0.1, -0.05) is 28.2 Å². The minimum Gasteiger partial charge on any atom is -0.355 e. The number of benzene rings is 1. The quantitative estimate of drug-likeness (QED) is 0.558. The zero-order valence-electron chi connectivity index (χ0n) is 14.0. The Morgan fingerprint density at radius 3 is 2.92 bits per heavy atom. The van der Waals surface area contributed by atoms with Crippen molar-refractivity contribution >= 4 is 39.0 Å². The van der Waals surface area contributed by atoms with Gasteiger partial charge in [0.05, 0.1) is 24.1 Å². The molecule has 0 saturated heterocycles. The van der Waals surface area contributed by atoms with E-state index in [1.807, 2.05) is 26.0 Å². The van der Waals surface area contributed by atoms with E-state index in [2.05, 4.69) is 25.6 Å². The number of hydrogen-bond donors (Lipinski definition) is 2. The third kappa shape index (κ3) is 3.09. The lowest BCUT2D eigenvalue weighted by Gasteiger charge is -2.13. The highest BCUT2D eigenvalue weighted by molar-refractivity contribution is 7.17. The largest absolute Gasteiger partial charge is 0.355 e. The number of aromatic amines is 1. The maximum absolute atomic E-state index is 12.4. The van der Waals surface area contributed by atoms with Crippen LogP contribution in [0.3, 0.4) is 0 Å². The number of rotatable bonds is 4. The lowest BCUT2D eigenvalue weighted by atomic mass is 10.1. The molecule has 4 aromatic rings. The summed E-state index contributed by atoms with van der Waals surface area (Å²) in [5, 5.41) is 14.3. The Morgan fingerprint density at radius 2 is 2.15 bits per heavy atom. The molecule has 0 spiro atoms. The molecule has 0 bridgehead atoms. The fraction of sp³-hybridized carbons (Fsp3) is 0.176. The molecule has 7 nitrogen and oxygen atoms in total. The Labute approximate surface area is 157 Å². The monoisotopic (exact) mass is 386 g/mol. The predicted octanol–water partition coefficient (Wildman–Crippen LogP) is 3.70. The van der Waals surface area contributed by atoms with Gasteiger partial charge in [-0.3, -0.25) is 4.79 Å². The van der Waals surface area contributed by atoms with Gasteiger partial charge in [0.2, 0.25) is 0 Å². The molecular weight excluding hydrogens is 372 g/mol. The molecule has 0 unspecified atom stereocenters. The molecule has 0 amide bonds. The van der Waals surface area contributed by atoms with Crippen molar-refractivity contribution in [2.24, 2.45) is 0 Å². The normalized spacial score (nSPS) is 12.4. The summed E-state index contributed by atoms with van der Waals surface area (Å²) < 4.78 is 1.72. The van der Waals surface area contributed by atoms with E-state index in [9.17, 15) is 4.79 Å². The van der Waals surface area contributed by atoms with Crippen LogP contribution >= 0.6 is 22.9 Å². The number of anilines is 1. The number of aryl methyl sites for hydroxylation is 1. The molecule has 0 radical (unpaired) electrons. The fourth-order valence-electron chi connectivity index (χ4n) is 2.71. The van der Waals surface area contributed by atoms with Crippen molar-refractivity contribution in [2.75, 3.05) is 5.32 Å². The van der Waals surface area contributed by atoms with Gasteiger partial charge in [-0.25, -0.2) is 9.67 Å². The number of thiazole rings is 1. The zero-order valence-corrected chi connectivity index (χ0v) is 15.6. The maximum atomic E-state index is 12.4. The number of fused-ring (bicyclic) bond motifs is 1. The van der Waals surface area contributed by atoms with Crippen LogP contribution in [0.25, 0.3) is 15.9 Å². The van der Waals surface area contributed by atoms with Gasteiger partial charge in [0.15, 0.2) is 5.13 Å². The topological polar surface area (TPSA) is 88.5 Å². The van der Waals surface area contributed by atoms with Crippen molar-refractivity contribution in [1.29, 1.82) is 0 Å². The first-order valence-electron chi connectivity index (χ1n) is 7.94. The summed E-state index contributed by atoms with van der Waals surface area (Å²) in [5.41, 5.74) is 2.17. The van der Waals surface area contributed by atoms with E-state index in [1.54, 1.807) is 29.2 Å². The Hall–Kier alpha value is -2.71. The summed E-state index contributed by atoms with van der Waals surface area (Å²) in [4.78, 5) is 19.7. The summed E-state index contributed by atoms with van der Waals surface area (Å²) >= 11 is 7.50. The average molecular weight is 387 g/mol. The highest BCUT2D eigenvalue weighted by Crippen LogP contribution is 2.26. The van der Waals surface area contributed by atoms with Crippen molar-refractivity contribution in [3.63, 3.8) is 0 Å². The van der Waals surface area contributed by atoms with Crippen LogP contribution in [0, 0.1) is 6.92 Å². The predicted molar refractivity (Wildman–Crippen MR) is 103 cm³/mol. The van der Waals surface area contributed by atoms with E-state index >= 15 is 0 Å². The van der Waals surface area contributed by atoms with Crippen molar-refractivity contribution < 1.29 is 0 Å². The van der Waals surface area contributed by atoms with Crippen LogP contribution in [0.5, 0.6) is 0 Å². The average Bonchev–Trinajstić information content (AvgIpc) is 3.23. The second-order valence-corrected chi connectivity index (χ2v) is 7.39. The Kier molecular flexibility index (Phi) is 4.21. The highest BCUT2D eigenvalue weighted by atomic mass is 35.5. The van der Waals surface area contributed by atoms with Crippen LogP contribution in [-0.4, -0.2) is 25.0 Å². The van der Waals surface area contributed by atoms with Crippen LogP contribution in [0.4, 0.5) is 5.13 Å². The van der Waals surface area contributed by atoms with E-state index in [1.165, 1.54) is 11.3 Å². The molecule has 1 atom stereocenters. The van der Waals surface area contributed by atoms with Crippen LogP contribution in [0.2, 0.25) is 5.02 Å². The van der Waals surface area contributed by atoms with E-state index in [0.29, 0.717) is 15.7 Å². The molecule has 1 aromatic carbocycles. The highest BCUT2D eigenvalue weighted by Gasteiger charge is 2.14. The lowest BCUT2D eigenvalue weighted by Crippen LogP contribution is -2.19. The molecule has 2 N–H and O–H groups in total. The van der Waals surface area contributed by atoms with Crippen LogP contribution in [-0.2, 0) is 0 Å². The maximum Gasteiger partial charge on any atom is 0.253 e. The van der Waals surface area contributed by atoms with Gasteiger partial charge in [-0.15, -0.1) is 5.10 Å². The zero-order chi connectivity index (χ0) is 18.3. The summed E-state index contributed by atoms with van der Waals surface area (Å²) in [6.07, 6.45) is 3.42. The SMILES string of the molecule is Cc1cnnn1-c1cnc(N[C@@H](C)c2cc3cc(Cl)ccc3[nH]c2=O)s1. The Bertz CT molecular complexity index is 1150. The smallest absolute Gasteiger partial charge is 0.253 e. The van der Waals surface area contributed by atoms with Crippen molar-refractivity contribution in [1.82, 2.24) is 25.0 Å². The first-order valence-corrected chi connectivity index (χ1v) is 9.13. The molecule has 132 valence electrons. The van der Waals surface area contributed by atoms with Crippen molar-refractivity contribution in [3.8, 4) is 5.00 Å². The van der Waals surface area contributed by atoms with Crippen molar-refractivity contribution in [2.45, 2.75) is 19.9 Å². The van der Waals surface area contributed by atoms with Gasteiger partial charge in [-0.05, 0) is 38.1 Å². The Balaban J connectivity index is 1.62. The summed E-state index contributed by atoms with van der Waals surface area (Å²) in [7, 11) is 0. The lowest BCUT2D eigenvalue weighted by molar-refractivity contribution is 0.795. The molecule has 0 fully saturated rings. The minimum atomic E-state index is -0.224. The van der Waals surface area contributed by atoms with Crippen LogP contribution in [0.15, 0.2) is 41.5 Å². The fourth-order valence-corrected chi connectivity index (χ4v) is 3.81. The number of pyridine rings is 1. The van der Waals surface area contributed by atoms with Gasteiger partial charge < -0.3 is 10.3 Å². The molecular formula is C17H15ClN6OS. The summed E-state index contributed by atoms with van der Waals surface area (Å²) in [5.74, 6) is 0. The van der Waals surface area contributed by atoms with Crippen LogP contribution < -0.4 is 10.9 Å². The number of hydrogen-bond acceptors (Lipinski definition) is 6. The molecule has 3 aromatic heterocycles. The second-order valence-electron chi connectivity index (χ2n) is 5.94. The summed E-state index contributed by atoms with van der Waals surface area (Å²) in [6.45, 7) is 3.85. The van der Waals surface area contributed by atoms with Gasteiger partial charge in [0.25, 0.3) is 5.56 Å². The van der Waals surface area contributed by atoms with Gasteiger partial charge in [0, 0.05) is 21.5 Å². The van der Waals surface area contributed by atoms with E-state index in [-0.39, 0.29) is 11.6 Å². The first-order chi connectivity index (χ1) is 12.5. The number of H-pyrrole nitrogens is 1. The first kappa shape index (κ1) is 16.7. The van der Waals surface area contributed by atoms with E-state index in [4.69, 9.17) is 11.6 Å². The molecule has 9 heteroatoms. The molecule has 0 aliphatic heterocycles. The number of nitrogens with one attached hydrogen (secondary N) is 2. The molecule has 0 saturated carbocycles. The van der Waals surface area contributed by atoms with Gasteiger partial charge in [-0.2, -0.15) is 0 Å². The second kappa shape index (κ2) is 6.54. The Morgan fingerprint density at radius 1 is 1.31 bits per heavy atom. The molecule has 0 aliphatic rings. The molecule has 3 heterocycles. The standard InChI is InChI=1S/C17H15ClN6OS/c1-9-7-20-23-24(9)15-8-19-17(26-15)21-10(2)13-6-11-5-12(18)3-4-14(11)22-16(13)25/h3-8,10H,1-2H3,(H,19,21)(H,22,25)/t10-/m0/s1. The molecule has 0 aliphatic carbocycles.